The van der Waals surface area contributed by atoms with Gasteiger partial charge in [0.05, 0.1) is 6.61 Å². The summed E-state index contributed by atoms with van der Waals surface area (Å²) in [5.74, 6) is -0.853. The Balaban J connectivity index is 2.48. The monoisotopic (exact) mass is 243 g/mol. The van der Waals surface area contributed by atoms with Gasteiger partial charge in [-0.25, -0.2) is 4.79 Å². The molecule has 5 heteroatoms. The van der Waals surface area contributed by atoms with Crippen LogP contribution in [0.3, 0.4) is 0 Å². The standard InChI is InChI=1S/C12H21NO4/c1-12(8-17-2,11(15)16)13-10(14)7-9-5-3-4-6-9/h9H,3-8H2,1-2H3,(H,13,14)(H,15,16). The fourth-order valence-corrected chi connectivity index (χ4v) is 2.28. The van der Waals surface area contributed by atoms with Crippen LogP contribution in [0, 0.1) is 5.92 Å². The molecule has 0 aromatic heterocycles. The zero-order valence-electron chi connectivity index (χ0n) is 10.5. The Bertz CT molecular complexity index is 286. The summed E-state index contributed by atoms with van der Waals surface area (Å²) in [4.78, 5) is 22.9. The van der Waals surface area contributed by atoms with Crippen molar-refractivity contribution in [1.82, 2.24) is 5.32 Å². The first kappa shape index (κ1) is 14.0. The second kappa shape index (κ2) is 6.00. The van der Waals surface area contributed by atoms with Crippen molar-refractivity contribution in [3.05, 3.63) is 0 Å². The number of amides is 1. The molecule has 1 rings (SSSR count). The number of carboxylic acid groups (broad SMARTS) is 1. The highest BCUT2D eigenvalue weighted by Gasteiger charge is 2.35. The van der Waals surface area contributed by atoms with Crippen molar-refractivity contribution in [2.75, 3.05) is 13.7 Å². The average molecular weight is 243 g/mol. The Labute approximate surface area is 102 Å². The number of carbonyl (C=O) groups excluding carboxylic acids is 1. The van der Waals surface area contributed by atoms with E-state index in [1.807, 2.05) is 0 Å². The maximum absolute atomic E-state index is 11.8. The Hall–Kier alpha value is -1.10. The molecule has 0 saturated heterocycles. The average Bonchev–Trinajstić information content (AvgIpc) is 2.70. The molecule has 0 bridgehead atoms. The number of aliphatic carboxylic acids is 1. The van der Waals surface area contributed by atoms with Gasteiger partial charge in [-0.3, -0.25) is 4.79 Å². The highest BCUT2D eigenvalue weighted by molar-refractivity contribution is 5.86. The number of carbonyl (C=O) groups is 2. The van der Waals surface area contributed by atoms with Crippen LogP contribution in [0.2, 0.25) is 0 Å². The lowest BCUT2D eigenvalue weighted by molar-refractivity contribution is -0.149. The number of methoxy groups -OCH3 is 1. The van der Waals surface area contributed by atoms with Gasteiger partial charge >= 0.3 is 5.97 Å². The molecule has 1 amide bonds. The minimum absolute atomic E-state index is 0.0290. The summed E-state index contributed by atoms with van der Waals surface area (Å²) in [6, 6.07) is 0. The minimum atomic E-state index is -1.33. The molecule has 0 heterocycles. The van der Waals surface area contributed by atoms with Crippen molar-refractivity contribution in [3.8, 4) is 0 Å². The summed E-state index contributed by atoms with van der Waals surface area (Å²) in [6.07, 6.45) is 4.91. The highest BCUT2D eigenvalue weighted by atomic mass is 16.5. The summed E-state index contributed by atoms with van der Waals surface area (Å²) in [5, 5.41) is 11.6. The molecular weight excluding hydrogens is 222 g/mol. The zero-order chi connectivity index (χ0) is 12.9. The quantitative estimate of drug-likeness (QED) is 0.734. The third kappa shape index (κ3) is 4.00. The van der Waals surface area contributed by atoms with E-state index in [1.165, 1.54) is 26.9 Å². The normalized spacial score (nSPS) is 19.9. The van der Waals surface area contributed by atoms with Crippen molar-refractivity contribution in [2.45, 2.75) is 44.6 Å². The molecule has 1 fully saturated rings. The Morgan fingerprint density at radius 3 is 2.47 bits per heavy atom. The lowest BCUT2D eigenvalue weighted by atomic mass is 10.0. The van der Waals surface area contributed by atoms with Crippen LogP contribution in [-0.2, 0) is 14.3 Å². The van der Waals surface area contributed by atoms with Gasteiger partial charge in [-0.05, 0) is 25.7 Å². The van der Waals surface area contributed by atoms with Crippen molar-refractivity contribution in [2.24, 2.45) is 5.92 Å². The molecular formula is C12H21NO4. The third-order valence-corrected chi connectivity index (χ3v) is 3.27. The van der Waals surface area contributed by atoms with Gasteiger partial charge in [-0.15, -0.1) is 0 Å². The van der Waals surface area contributed by atoms with Crippen LogP contribution in [0.25, 0.3) is 0 Å². The number of ether oxygens (including phenoxy) is 1. The van der Waals surface area contributed by atoms with Crippen molar-refractivity contribution in [3.63, 3.8) is 0 Å². The summed E-state index contributed by atoms with van der Waals surface area (Å²) in [6.45, 7) is 1.43. The molecule has 1 aliphatic carbocycles. The van der Waals surface area contributed by atoms with Crippen molar-refractivity contribution >= 4 is 11.9 Å². The molecule has 0 aliphatic heterocycles. The molecule has 1 atom stereocenters. The second-order valence-corrected chi connectivity index (χ2v) is 4.97. The third-order valence-electron chi connectivity index (χ3n) is 3.27. The number of hydrogen-bond donors (Lipinski definition) is 2. The van der Waals surface area contributed by atoms with E-state index in [0.717, 1.165) is 12.8 Å². The van der Waals surface area contributed by atoms with Gasteiger partial charge < -0.3 is 15.2 Å². The maximum Gasteiger partial charge on any atom is 0.331 e. The summed E-state index contributed by atoms with van der Waals surface area (Å²) < 4.78 is 4.84. The fourth-order valence-electron chi connectivity index (χ4n) is 2.28. The van der Waals surface area contributed by atoms with Gasteiger partial charge in [0.2, 0.25) is 5.91 Å². The van der Waals surface area contributed by atoms with E-state index in [2.05, 4.69) is 5.32 Å². The lowest BCUT2D eigenvalue weighted by Gasteiger charge is -2.25. The van der Waals surface area contributed by atoms with E-state index in [1.54, 1.807) is 0 Å². The Morgan fingerprint density at radius 2 is 2.00 bits per heavy atom. The van der Waals surface area contributed by atoms with Gasteiger partial charge in [0.1, 0.15) is 0 Å². The summed E-state index contributed by atoms with van der Waals surface area (Å²) >= 11 is 0. The van der Waals surface area contributed by atoms with Crippen LogP contribution in [0.15, 0.2) is 0 Å². The number of hydrogen-bond acceptors (Lipinski definition) is 3. The van der Waals surface area contributed by atoms with Crippen LogP contribution < -0.4 is 5.32 Å². The molecule has 1 saturated carbocycles. The van der Waals surface area contributed by atoms with E-state index >= 15 is 0 Å². The van der Waals surface area contributed by atoms with E-state index in [4.69, 9.17) is 9.84 Å². The van der Waals surface area contributed by atoms with Gasteiger partial charge in [0, 0.05) is 13.5 Å². The van der Waals surface area contributed by atoms with Gasteiger partial charge in [0.25, 0.3) is 0 Å². The molecule has 0 radical (unpaired) electrons. The molecule has 0 aromatic rings. The lowest BCUT2D eigenvalue weighted by Crippen LogP contribution is -2.55. The number of carboxylic acids is 1. The first-order valence-electron chi connectivity index (χ1n) is 6.01. The molecule has 17 heavy (non-hydrogen) atoms. The van der Waals surface area contributed by atoms with Gasteiger partial charge in [-0.1, -0.05) is 12.8 Å². The number of nitrogens with one attached hydrogen (secondary N) is 1. The molecule has 0 aromatic carbocycles. The Morgan fingerprint density at radius 1 is 1.41 bits per heavy atom. The smallest absolute Gasteiger partial charge is 0.331 e. The van der Waals surface area contributed by atoms with Gasteiger partial charge in [0.15, 0.2) is 5.54 Å². The fraction of sp³-hybridized carbons (Fsp3) is 0.833. The predicted molar refractivity (Wildman–Crippen MR) is 62.6 cm³/mol. The predicted octanol–water partition coefficient (Wildman–Crippen LogP) is 1.17. The van der Waals surface area contributed by atoms with E-state index in [0.29, 0.717) is 12.3 Å². The minimum Gasteiger partial charge on any atom is -0.479 e. The van der Waals surface area contributed by atoms with E-state index in [-0.39, 0.29) is 12.5 Å². The van der Waals surface area contributed by atoms with Crippen LogP contribution in [0.1, 0.15) is 39.0 Å². The van der Waals surface area contributed by atoms with Gasteiger partial charge in [-0.2, -0.15) is 0 Å². The first-order valence-corrected chi connectivity index (χ1v) is 6.01. The van der Waals surface area contributed by atoms with Crippen molar-refractivity contribution < 1.29 is 19.4 Å². The summed E-state index contributed by atoms with van der Waals surface area (Å²) in [5.41, 5.74) is -1.33. The summed E-state index contributed by atoms with van der Waals surface area (Å²) in [7, 11) is 1.42. The van der Waals surface area contributed by atoms with Crippen LogP contribution in [-0.4, -0.2) is 36.2 Å². The topological polar surface area (TPSA) is 75.6 Å². The first-order chi connectivity index (χ1) is 7.98. The molecule has 1 unspecified atom stereocenters. The maximum atomic E-state index is 11.8. The second-order valence-electron chi connectivity index (χ2n) is 4.97. The largest absolute Gasteiger partial charge is 0.479 e. The van der Waals surface area contributed by atoms with Crippen LogP contribution in [0.5, 0.6) is 0 Å². The Kier molecular flexibility index (Phi) is 4.93. The van der Waals surface area contributed by atoms with Crippen LogP contribution in [0.4, 0.5) is 0 Å². The SMILES string of the molecule is COCC(C)(NC(=O)CC1CCCC1)C(=O)O. The van der Waals surface area contributed by atoms with Crippen molar-refractivity contribution in [1.29, 1.82) is 0 Å². The van der Waals surface area contributed by atoms with Crippen LogP contribution >= 0.6 is 0 Å². The highest BCUT2D eigenvalue weighted by Crippen LogP contribution is 2.27. The van der Waals surface area contributed by atoms with E-state index < -0.39 is 11.5 Å². The molecule has 0 spiro atoms. The van der Waals surface area contributed by atoms with E-state index in [9.17, 15) is 9.59 Å². The molecule has 5 nitrogen and oxygen atoms in total. The molecule has 1 aliphatic rings. The number of rotatable bonds is 6. The molecule has 2 N–H and O–H groups in total. The zero-order valence-corrected chi connectivity index (χ0v) is 10.5. The molecule has 98 valence electrons.